The van der Waals surface area contributed by atoms with Gasteiger partial charge in [0.25, 0.3) is 0 Å². The van der Waals surface area contributed by atoms with E-state index in [0.29, 0.717) is 12.3 Å². The number of carbonyl (C=O) groups excluding carboxylic acids is 1. The number of rotatable bonds is 9. The molecule has 0 spiro atoms. The minimum atomic E-state index is -0.524. The summed E-state index contributed by atoms with van der Waals surface area (Å²) in [5, 5.41) is 12.6. The molecule has 1 aromatic carbocycles. The number of nitrogens with one attached hydrogen (secondary N) is 1. The van der Waals surface area contributed by atoms with Gasteiger partial charge in [0, 0.05) is 18.2 Å². The van der Waals surface area contributed by atoms with Gasteiger partial charge >= 0.3 is 0 Å². The summed E-state index contributed by atoms with van der Waals surface area (Å²) in [6, 6.07) is 7.21. The van der Waals surface area contributed by atoms with E-state index in [4.69, 9.17) is 4.74 Å². The minimum absolute atomic E-state index is 0.0158. The molecule has 2 N–H and O–H groups in total. The molecule has 0 aliphatic carbocycles. The zero-order valence-electron chi connectivity index (χ0n) is 14.0. The quantitative estimate of drug-likeness (QED) is 0.735. The number of hydrogen-bond donors (Lipinski definition) is 2. The molecule has 0 heterocycles. The molecule has 0 radical (unpaired) electrons. The van der Waals surface area contributed by atoms with Gasteiger partial charge in [-0.2, -0.15) is 0 Å². The zero-order chi connectivity index (χ0) is 16.5. The fraction of sp³-hybridized carbons (Fsp3) is 0.588. The number of amides is 1. The van der Waals surface area contributed by atoms with Crippen LogP contribution in [0, 0.1) is 5.92 Å². The molecule has 0 fully saturated rings. The van der Waals surface area contributed by atoms with Crippen molar-refractivity contribution in [2.75, 3.05) is 32.6 Å². The molecule has 0 aromatic heterocycles. The van der Waals surface area contributed by atoms with Crippen LogP contribution in [0.25, 0.3) is 0 Å². The molecule has 0 saturated heterocycles. The summed E-state index contributed by atoms with van der Waals surface area (Å²) in [6.07, 6.45) is 1.36. The lowest BCUT2D eigenvalue weighted by molar-refractivity contribution is -0.119. The van der Waals surface area contributed by atoms with Gasteiger partial charge in [0.15, 0.2) is 0 Å². The monoisotopic (exact) mass is 308 g/mol. The Balaban J connectivity index is 2.44. The van der Waals surface area contributed by atoms with Gasteiger partial charge < -0.3 is 20.1 Å². The Morgan fingerprint density at radius 2 is 1.95 bits per heavy atom. The molecule has 0 aliphatic rings. The first-order valence-corrected chi connectivity index (χ1v) is 7.79. The van der Waals surface area contributed by atoms with Crippen molar-refractivity contribution < 1.29 is 14.6 Å². The maximum Gasteiger partial charge on any atom is 0.227 e. The summed E-state index contributed by atoms with van der Waals surface area (Å²) in [4.78, 5) is 13.8. The van der Waals surface area contributed by atoms with Crippen LogP contribution in [-0.2, 0) is 4.79 Å². The van der Waals surface area contributed by atoms with Gasteiger partial charge in [-0.05, 0) is 44.8 Å². The van der Waals surface area contributed by atoms with Crippen LogP contribution in [0.2, 0.25) is 0 Å². The van der Waals surface area contributed by atoms with Gasteiger partial charge in [-0.1, -0.05) is 20.3 Å². The number of likely N-dealkylation sites (N-methyl/N-ethyl adjacent to an activating group) is 1. The Hall–Kier alpha value is -1.59. The van der Waals surface area contributed by atoms with Crippen LogP contribution < -0.4 is 10.1 Å². The Bertz CT molecular complexity index is 446. The van der Waals surface area contributed by atoms with E-state index in [1.54, 1.807) is 12.1 Å². The molecule has 1 aromatic rings. The molecule has 0 bridgehead atoms. The summed E-state index contributed by atoms with van der Waals surface area (Å²) in [5.41, 5.74) is 0.758. The van der Waals surface area contributed by atoms with Gasteiger partial charge in [-0.3, -0.25) is 4.79 Å². The Labute approximate surface area is 133 Å². The van der Waals surface area contributed by atoms with E-state index < -0.39 is 6.10 Å². The van der Waals surface area contributed by atoms with Crippen molar-refractivity contribution in [3.05, 3.63) is 24.3 Å². The second kappa shape index (κ2) is 9.43. The molecular formula is C17H28N2O3. The van der Waals surface area contributed by atoms with E-state index in [9.17, 15) is 9.90 Å². The van der Waals surface area contributed by atoms with Crippen LogP contribution >= 0.6 is 0 Å². The number of nitrogens with zero attached hydrogens (tertiary/aromatic N) is 1. The highest BCUT2D eigenvalue weighted by atomic mass is 16.5. The summed E-state index contributed by atoms with van der Waals surface area (Å²) in [7, 11) is 3.81. The maximum absolute atomic E-state index is 11.9. The van der Waals surface area contributed by atoms with Gasteiger partial charge in [0.1, 0.15) is 18.5 Å². The topological polar surface area (TPSA) is 61.8 Å². The first kappa shape index (κ1) is 18.5. The van der Waals surface area contributed by atoms with Crippen LogP contribution in [0.15, 0.2) is 24.3 Å². The molecule has 2 atom stereocenters. The number of benzene rings is 1. The van der Waals surface area contributed by atoms with Crippen LogP contribution in [0.3, 0.4) is 0 Å². The van der Waals surface area contributed by atoms with Crippen LogP contribution in [0.5, 0.6) is 5.75 Å². The molecule has 0 saturated carbocycles. The van der Waals surface area contributed by atoms with Crippen LogP contribution in [0.1, 0.15) is 26.7 Å². The smallest absolute Gasteiger partial charge is 0.227 e. The van der Waals surface area contributed by atoms with Crippen molar-refractivity contribution in [3.63, 3.8) is 0 Å². The first-order valence-electron chi connectivity index (χ1n) is 7.79. The summed E-state index contributed by atoms with van der Waals surface area (Å²) >= 11 is 0. The Morgan fingerprint density at radius 1 is 1.32 bits per heavy atom. The average molecular weight is 308 g/mol. The normalized spacial score (nSPS) is 13.7. The Morgan fingerprint density at radius 3 is 2.50 bits per heavy atom. The van der Waals surface area contributed by atoms with Crippen molar-refractivity contribution in [2.45, 2.75) is 32.8 Å². The molecule has 5 nitrogen and oxygen atoms in total. The fourth-order valence-electron chi connectivity index (χ4n) is 2.13. The number of aliphatic hydroxyl groups is 1. The molecular weight excluding hydrogens is 280 g/mol. The van der Waals surface area contributed by atoms with E-state index in [1.165, 1.54) is 0 Å². The lowest BCUT2D eigenvalue weighted by atomic mass is 10.1. The summed E-state index contributed by atoms with van der Waals surface area (Å²) < 4.78 is 5.53. The highest BCUT2D eigenvalue weighted by Gasteiger charge is 2.12. The maximum atomic E-state index is 11.9. The third-order valence-corrected chi connectivity index (χ3v) is 3.31. The van der Waals surface area contributed by atoms with E-state index in [1.807, 2.05) is 38.1 Å². The number of anilines is 1. The second-order valence-corrected chi connectivity index (χ2v) is 5.93. The first-order chi connectivity index (χ1) is 10.4. The molecule has 22 heavy (non-hydrogen) atoms. The molecule has 124 valence electrons. The number of hydrogen-bond acceptors (Lipinski definition) is 4. The third-order valence-electron chi connectivity index (χ3n) is 3.31. The van der Waals surface area contributed by atoms with Crippen molar-refractivity contribution >= 4 is 11.6 Å². The van der Waals surface area contributed by atoms with Crippen molar-refractivity contribution in [3.8, 4) is 5.75 Å². The lowest BCUT2D eigenvalue weighted by Crippen LogP contribution is -2.30. The van der Waals surface area contributed by atoms with Gasteiger partial charge in [0.2, 0.25) is 5.91 Å². The highest BCUT2D eigenvalue weighted by molar-refractivity contribution is 5.92. The standard InChI is InChI=1S/C17H28N2O3/c1-5-6-13(2)17(21)18-14-7-9-16(10-8-14)22-12-15(20)11-19(3)4/h7-10,13,15,20H,5-6,11-12H2,1-4H3,(H,18,21). The summed E-state index contributed by atoms with van der Waals surface area (Å²) in [5.74, 6) is 0.733. The number of carbonyl (C=O) groups is 1. The van der Waals surface area contributed by atoms with E-state index in [2.05, 4.69) is 12.2 Å². The average Bonchev–Trinajstić information content (AvgIpc) is 2.46. The second-order valence-electron chi connectivity index (χ2n) is 5.93. The number of aliphatic hydroxyl groups excluding tert-OH is 1. The molecule has 0 aliphatic heterocycles. The van der Waals surface area contributed by atoms with Crippen LogP contribution in [0.4, 0.5) is 5.69 Å². The van der Waals surface area contributed by atoms with E-state index in [0.717, 1.165) is 18.5 Å². The van der Waals surface area contributed by atoms with Crippen molar-refractivity contribution in [1.29, 1.82) is 0 Å². The lowest BCUT2D eigenvalue weighted by Gasteiger charge is -2.16. The van der Waals surface area contributed by atoms with E-state index in [-0.39, 0.29) is 18.4 Å². The van der Waals surface area contributed by atoms with Crippen molar-refractivity contribution in [2.24, 2.45) is 5.92 Å². The molecule has 1 rings (SSSR count). The zero-order valence-corrected chi connectivity index (χ0v) is 14.0. The number of ether oxygens (including phenoxy) is 1. The van der Waals surface area contributed by atoms with Gasteiger partial charge in [0.05, 0.1) is 0 Å². The largest absolute Gasteiger partial charge is 0.491 e. The van der Waals surface area contributed by atoms with Crippen LogP contribution in [-0.4, -0.2) is 49.3 Å². The Kier molecular flexibility index (Phi) is 7.91. The predicted molar refractivity (Wildman–Crippen MR) is 89.2 cm³/mol. The molecule has 1 amide bonds. The van der Waals surface area contributed by atoms with E-state index >= 15 is 0 Å². The third kappa shape index (κ3) is 6.91. The highest BCUT2D eigenvalue weighted by Crippen LogP contribution is 2.17. The predicted octanol–water partition coefficient (Wildman–Crippen LogP) is 2.36. The molecule has 5 heteroatoms. The minimum Gasteiger partial charge on any atom is -0.491 e. The van der Waals surface area contributed by atoms with Gasteiger partial charge in [-0.15, -0.1) is 0 Å². The summed E-state index contributed by atoms with van der Waals surface area (Å²) in [6.45, 7) is 4.81. The fourth-order valence-corrected chi connectivity index (χ4v) is 2.13. The molecule has 2 unspecified atom stereocenters. The van der Waals surface area contributed by atoms with Gasteiger partial charge in [-0.25, -0.2) is 0 Å². The van der Waals surface area contributed by atoms with Crippen molar-refractivity contribution in [1.82, 2.24) is 4.90 Å². The SMILES string of the molecule is CCCC(C)C(=O)Nc1ccc(OCC(O)CN(C)C)cc1.